The third kappa shape index (κ3) is 2.63. The second kappa shape index (κ2) is 4.80. The second-order valence-corrected chi connectivity index (χ2v) is 7.14. The van der Waals surface area contributed by atoms with Crippen LogP contribution in [0.4, 0.5) is 0 Å². The van der Waals surface area contributed by atoms with Gasteiger partial charge in [0.1, 0.15) is 5.54 Å². The fraction of sp³-hybridized carbons (Fsp3) is 0.867. The third-order valence-electron chi connectivity index (χ3n) is 5.03. The van der Waals surface area contributed by atoms with Crippen LogP contribution in [0.15, 0.2) is 0 Å². The highest BCUT2D eigenvalue weighted by molar-refractivity contribution is 5.98. The van der Waals surface area contributed by atoms with E-state index in [-0.39, 0.29) is 23.8 Å². The van der Waals surface area contributed by atoms with E-state index in [2.05, 4.69) is 33.0 Å². The Labute approximate surface area is 115 Å². The molecule has 1 spiro atoms. The number of amides is 2. The number of nitrogens with one attached hydrogen (secondary N) is 1. The highest BCUT2D eigenvalue weighted by atomic mass is 16.2. The molecule has 0 atom stereocenters. The van der Waals surface area contributed by atoms with Gasteiger partial charge >= 0.3 is 0 Å². The number of hydrogen-bond acceptors (Lipinski definition) is 2. The van der Waals surface area contributed by atoms with Crippen LogP contribution in [-0.4, -0.2) is 35.3 Å². The van der Waals surface area contributed by atoms with Crippen molar-refractivity contribution in [2.75, 3.05) is 13.1 Å². The molecule has 0 aromatic heterocycles. The lowest BCUT2D eigenvalue weighted by Gasteiger charge is -2.43. The van der Waals surface area contributed by atoms with Gasteiger partial charge in [-0.15, -0.1) is 0 Å². The summed E-state index contributed by atoms with van der Waals surface area (Å²) in [4.78, 5) is 26.4. The smallest absolute Gasteiger partial charge is 0.248 e. The molecule has 1 saturated heterocycles. The van der Waals surface area contributed by atoms with Gasteiger partial charge in [-0.3, -0.25) is 9.59 Å². The van der Waals surface area contributed by atoms with E-state index in [4.69, 9.17) is 0 Å². The molecule has 2 amide bonds. The van der Waals surface area contributed by atoms with Gasteiger partial charge < -0.3 is 10.2 Å². The number of nitrogens with zero attached hydrogens (tertiary/aromatic N) is 1. The minimum atomic E-state index is -0.581. The molecule has 0 radical (unpaired) electrons. The van der Waals surface area contributed by atoms with Gasteiger partial charge in [0.15, 0.2) is 0 Å². The first-order valence-electron chi connectivity index (χ1n) is 7.37. The Bertz CT molecular complexity index is 382. The van der Waals surface area contributed by atoms with Crippen LogP contribution < -0.4 is 5.32 Å². The van der Waals surface area contributed by atoms with Crippen molar-refractivity contribution in [1.29, 1.82) is 0 Å². The van der Waals surface area contributed by atoms with Gasteiger partial charge in [-0.25, -0.2) is 0 Å². The van der Waals surface area contributed by atoms with Gasteiger partial charge in [-0.2, -0.15) is 0 Å². The Balaban J connectivity index is 2.16. The standard InChI is InChI=1S/C15H26N2O2/c1-11(2)14(3,4)10-17-9-12(18)16-15(13(17)19)7-5-6-8-15/h11H,5-10H2,1-4H3,(H,16,18). The SMILES string of the molecule is CC(C)C(C)(C)CN1CC(=O)NC2(CCCC2)C1=O. The highest BCUT2D eigenvalue weighted by Gasteiger charge is 2.49. The summed E-state index contributed by atoms with van der Waals surface area (Å²) in [6.07, 6.45) is 3.67. The van der Waals surface area contributed by atoms with Crippen LogP contribution in [0, 0.1) is 11.3 Å². The van der Waals surface area contributed by atoms with Gasteiger partial charge in [0, 0.05) is 6.54 Å². The van der Waals surface area contributed by atoms with Gasteiger partial charge in [-0.1, -0.05) is 40.5 Å². The zero-order valence-corrected chi connectivity index (χ0v) is 12.6. The molecule has 0 aromatic rings. The van der Waals surface area contributed by atoms with Crippen molar-refractivity contribution in [2.24, 2.45) is 11.3 Å². The topological polar surface area (TPSA) is 49.4 Å². The summed E-state index contributed by atoms with van der Waals surface area (Å²) in [5.74, 6) is 0.615. The predicted molar refractivity (Wildman–Crippen MR) is 74.5 cm³/mol. The van der Waals surface area contributed by atoms with Crippen LogP contribution in [0.3, 0.4) is 0 Å². The largest absolute Gasteiger partial charge is 0.340 e. The van der Waals surface area contributed by atoms with Gasteiger partial charge in [0.05, 0.1) is 6.54 Å². The first-order chi connectivity index (χ1) is 8.77. The minimum absolute atomic E-state index is 0.000978. The van der Waals surface area contributed by atoms with E-state index >= 15 is 0 Å². The number of hydrogen-bond donors (Lipinski definition) is 1. The molecule has 2 rings (SSSR count). The Morgan fingerprint density at radius 3 is 2.37 bits per heavy atom. The maximum atomic E-state index is 12.7. The summed E-state index contributed by atoms with van der Waals surface area (Å²) < 4.78 is 0. The van der Waals surface area contributed by atoms with Gasteiger partial charge in [-0.05, 0) is 24.2 Å². The summed E-state index contributed by atoms with van der Waals surface area (Å²) in [5.41, 5.74) is -0.546. The van der Waals surface area contributed by atoms with Crippen molar-refractivity contribution in [1.82, 2.24) is 10.2 Å². The molecule has 4 nitrogen and oxygen atoms in total. The van der Waals surface area contributed by atoms with Crippen molar-refractivity contribution in [2.45, 2.75) is 58.9 Å². The van der Waals surface area contributed by atoms with Crippen molar-refractivity contribution in [3.05, 3.63) is 0 Å². The number of carbonyl (C=O) groups is 2. The van der Waals surface area contributed by atoms with E-state index < -0.39 is 5.54 Å². The fourth-order valence-corrected chi connectivity index (χ4v) is 3.03. The molecule has 1 heterocycles. The minimum Gasteiger partial charge on any atom is -0.340 e. The average Bonchev–Trinajstić information content (AvgIpc) is 2.74. The van der Waals surface area contributed by atoms with Gasteiger partial charge in [0.25, 0.3) is 0 Å². The van der Waals surface area contributed by atoms with E-state index in [0.29, 0.717) is 12.5 Å². The molecular weight excluding hydrogens is 240 g/mol. The summed E-state index contributed by atoms with van der Waals surface area (Å²) in [7, 11) is 0. The van der Waals surface area contributed by atoms with Crippen molar-refractivity contribution in [3.63, 3.8) is 0 Å². The van der Waals surface area contributed by atoms with E-state index in [9.17, 15) is 9.59 Å². The van der Waals surface area contributed by atoms with Crippen LogP contribution in [0.1, 0.15) is 53.4 Å². The monoisotopic (exact) mass is 266 g/mol. The molecule has 19 heavy (non-hydrogen) atoms. The Morgan fingerprint density at radius 1 is 1.26 bits per heavy atom. The van der Waals surface area contributed by atoms with Crippen LogP contribution >= 0.6 is 0 Å². The van der Waals surface area contributed by atoms with Crippen molar-refractivity contribution < 1.29 is 9.59 Å². The summed E-state index contributed by atoms with van der Waals surface area (Å²) in [6.45, 7) is 9.55. The second-order valence-electron chi connectivity index (χ2n) is 7.14. The highest BCUT2D eigenvalue weighted by Crippen LogP contribution is 2.35. The molecule has 0 bridgehead atoms. The zero-order chi connectivity index (χ0) is 14.3. The van der Waals surface area contributed by atoms with Gasteiger partial charge in [0.2, 0.25) is 11.8 Å². The zero-order valence-electron chi connectivity index (χ0n) is 12.6. The molecule has 108 valence electrons. The lowest BCUT2D eigenvalue weighted by molar-refractivity contribution is -0.151. The number of piperazine rings is 1. The Kier molecular flexibility index (Phi) is 3.63. The predicted octanol–water partition coefficient (Wildman–Crippen LogP) is 1.94. The molecule has 1 N–H and O–H groups in total. The summed E-state index contributed by atoms with van der Waals surface area (Å²) in [5, 5.41) is 2.96. The maximum Gasteiger partial charge on any atom is 0.248 e. The maximum absolute atomic E-state index is 12.7. The molecule has 1 aliphatic heterocycles. The summed E-state index contributed by atoms with van der Waals surface area (Å²) in [6, 6.07) is 0. The lowest BCUT2D eigenvalue weighted by atomic mass is 9.80. The molecule has 0 unspecified atom stereocenters. The van der Waals surface area contributed by atoms with E-state index in [1.54, 1.807) is 4.90 Å². The van der Waals surface area contributed by atoms with E-state index in [0.717, 1.165) is 25.7 Å². The van der Waals surface area contributed by atoms with Crippen molar-refractivity contribution in [3.8, 4) is 0 Å². The molecule has 2 fully saturated rings. The number of carbonyl (C=O) groups excluding carboxylic acids is 2. The van der Waals surface area contributed by atoms with Crippen molar-refractivity contribution >= 4 is 11.8 Å². The fourth-order valence-electron chi connectivity index (χ4n) is 3.03. The molecule has 0 aromatic carbocycles. The van der Waals surface area contributed by atoms with E-state index in [1.165, 1.54) is 0 Å². The van der Waals surface area contributed by atoms with E-state index in [1.807, 2.05) is 0 Å². The Morgan fingerprint density at radius 2 is 1.84 bits per heavy atom. The lowest BCUT2D eigenvalue weighted by Crippen LogP contribution is -2.66. The van der Waals surface area contributed by atoms with Crippen LogP contribution in [0.2, 0.25) is 0 Å². The quantitative estimate of drug-likeness (QED) is 0.848. The first-order valence-corrected chi connectivity index (χ1v) is 7.37. The first kappa shape index (κ1) is 14.4. The molecule has 4 heteroatoms. The van der Waals surface area contributed by atoms with Crippen LogP contribution in [-0.2, 0) is 9.59 Å². The third-order valence-corrected chi connectivity index (χ3v) is 5.03. The average molecular weight is 266 g/mol. The normalized spacial score (nSPS) is 23.3. The Hall–Kier alpha value is -1.06. The molecular formula is C15H26N2O2. The van der Waals surface area contributed by atoms with Crippen LogP contribution in [0.25, 0.3) is 0 Å². The number of rotatable bonds is 3. The van der Waals surface area contributed by atoms with Crippen LogP contribution in [0.5, 0.6) is 0 Å². The molecule has 1 aliphatic carbocycles. The summed E-state index contributed by atoms with van der Waals surface area (Å²) >= 11 is 0. The molecule has 2 aliphatic rings. The molecule has 1 saturated carbocycles.